The van der Waals surface area contributed by atoms with Crippen molar-refractivity contribution in [2.75, 3.05) is 0 Å². The number of hydrogen-bond acceptors (Lipinski definition) is 2. The molecule has 0 aliphatic carbocycles. The summed E-state index contributed by atoms with van der Waals surface area (Å²) >= 11 is 0. The standard InChI is InChI=1S/C15H24O2/c1-3-4-5-6-7-9-12(2)15-13(16)10-8-11-14(15)17/h8,10-12,16-17H,3-7,9H2,1-2H3. The fourth-order valence-electron chi connectivity index (χ4n) is 2.24. The second-order valence-corrected chi connectivity index (χ2v) is 4.81. The first-order valence-corrected chi connectivity index (χ1v) is 6.67. The zero-order valence-electron chi connectivity index (χ0n) is 10.9. The van der Waals surface area contributed by atoms with Gasteiger partial charge in [-0.3, -0.25) is 0 Å². The lowest BCUT2D eigenvalue weighted by molar-refractivity contribution is 0.424. The van der Waals surface area contributed by atoms with Crippen LogP contribution in [0.3, 0.4) is 0 Å². The Balaban J connectivity index is 2.44. The van der Waals surface area contributed by atoms with E-state index in [1.165, 1.54) is 25.7 Å². The van der Waals surface area contributed by atoms with E-state index in [1.807, 2.05) is 0 Å². The largest absolute Gasteiger partial charge is 0.508 e. The normalized spacial score (nSPS) is 12.6. The molecular formula is C15H24O2. The minimum atomic E-state index is 0.214. The average molecular weight is 236 g/mol. The van der Waals surface area contributed by atoms with Gasteiger partial charge in [0.1, 0.15) is 11.5 Å². The predicted octanol–water partition coefficient (Wildman–Crippen LogP) is 4.56. The van der Waals surface area contributed by atoms with Gasteiger partial charge in [0.2, 0.25) is 0 Å². The number of rotatable bonds is 7. The van der Waals surface area contributed by atoms with Crippen molar-refractivity contribution in [3.8, 4) is 11.5 Å². The van der Waals surface area contributed by atoms with Gasteiger partial charge in [-0.1, -0.05) is 52.0 Å². The van der Waals surface area contributed by atoms with Crippen LogP contribution < -0.4 is 0 Å². The van der Waals surface area contributed by atoms with Gasteiger partial charge >= 0.3 is 0 Å². The second-order valence-electron chi connectivity index (χ2n) is 4.81. The van der Waals surface area contributed by atoms with Gasteiger partial charge in [-0.25, -0.2) is 0 Å². The molecule has 1 aromatic rings. The van der Waals surface area contributed by atoms with Gasteiger partial charge in [-0.05, 0) is 24.5 Å². The van der Waals surface area contributed by atoms with Crippen molar-refractivity contribution < 1.29 is 10.2 Å². The Kier molecular flexibility index (Phi) is 5.88. The molecule has 1 atom stereocenters. The highest BCUT2D eigenvalue weighted by Crippen LogP contribution is 2.36. The maximum Gasteiger partial charge on any atom is 0.122 e. The molecule has 0 amide bonds. The van der Waals surface area contributed by atoms with Crippen LogP contribution in [0.25, 0.3) is 0 Å². The highest BCUT2D eigenvalue weighted by Gasteiger charge is 2.14. The van der Waals surface area contributed by atoms with Crippen LogP contribution in [0.1, 0.15) is 63.9 Å². The van der Waals surface area contributed by atoms with Crippen LogP contribution in [0.2, 0.25) is 0 Å². The molecule has 0 radical (unpaired) electrons. The lowest BCUT2D eigenvalue weighted by Crippen LogP contribution is -1.95. The molecule has 17 heavy (non-hydrogen) atoms. The summed E-state index contributed by atoms with van der Waals surface area (Å²) in [5, 5.41) is 19.5. The van der Waals surface area contributed by atoms with Crippen molar-refractivity contribution in [1.82, 2.24) is 0 Å². The van der Waals surface area contributed by atoms with Crippen molar-refractivity contribution >= 4 is 0 Å². The summed E-state index contributed by atoms with van der Waals surface area (Å²) in [6, 6.07) is 4.95. The first-order valence-electron chi connectivity index (χ1n) is 6.67. The smallest absolute Gasteiger partial charge is 0.122 e. The molecule has 0 aliphatic heterocycles. The molecule has 1 rings (SSSR count). The molecule has 0 spiro atoms. The maximum absolute atomic E-state index is 9.74. The van der Waals surface area contributed by atoms with Crippen LogP contribution in [0.5, 0.6) is 11.5 Å². The Morgan fingerprint density at radius 3 is 2.18 bits per heavy atom. The van der Waals surface area contributed by atoms with Gasteiger partial charge in [0.05, 0.1) is 0 Å². The van der Waals surface area contributed by atoms with Crippen LogP contribution in [-0.2, 0) is 0 Å². The lowest BCUT2D eigenvalue weighted by atomic mass is 9.93. The monoisotopic (exact) mass is 236 g/mol. The molecule has 2 heteroatoms. The third-order valence-corrected chi connectivity index (χ3v) is 3.29. The molecule has 0 heterocycles. The molecule has 0 aliphatic rings. The molecule has 2 nitrogen and oxygen atoms in total. The second kappa shape index (κ2) is 7.21. The molecule has 2 N–H and O–H groups in total. The van der Waals surface area contributed by atoms with Crippen molar-refractivity contribution in [2.45, 2.75) is 58.3 Å². The number of phenols is 2. The van der Waals surface area contributed by atoms with Crippen molar-refractivity contribution in [3.05, 3.63) is 23.8 Å². The molecule has 0 bridgehead atoms. The topological polar surface area (TPSA) is 40.5 Å². The minimum Gasteiger partial charge on any atom is -0.508 e. The molecular weight excluding hydrogens is 212 g/mol. The Hall–Kier alpha value is -1.18. The van der Waals surface area contributed by atoms with Crippen LogP contribution in [0.4, 0.5) is 0 Å². The first kappa shape index (κ1) is 13.9. The SMILES string of the molecule is CCCCCCCC(C)c1c(O)cccc1O. The van der Waals surface area contributed by atoms with Gasteiger partial charge in [0.25, 0.3) is 0 Å². The summed E-state index contributed by atoms with van der Waals surface area (Å²) in [5.74, 6) is 0.648. The highest BCUT2D eigenvalue weighted by molar-refractivity contribution is 5.45. The van der Waals surface area contributed by atoms with Crippen LogP contribution in [0, 0.1) is 0 Å². The van der Waals surface area contributed by atoms with E-state index in [2.05, 4.69) is 13.8 Å². The molecule has 0 saturated carbocycles. The Morgan fingerprint density at radius 1 is 1.00 bits per heavy atom. The zero-order valence-corrected chi connectivity index (χ0v) is 10.9. The quantitative estimate of drug-likeness (QED) is 0.681. The van der Waals surface area contributed by atoms with E-state index >= 15 is 0 Å². The first-order chi connectivity index (χ1) is 8.16. The fraction of sp³-hybridized carbons (Fsp3) is 0.600. The summed E-state index contributed by atoms with van der Waals surface area (Å²) in [5.41, 5.74) is 0.697. The Morgan fingerprint density at radius 2 is 1.59 bits per heavy atom. The van der Waals surface area contributed by atoms with E-state index < -0.39 is 0 Å². The van der Waals surface area contributed by atoms with Crippen LogP contribution in [-0.4, -0.2) is 10.2 Å². The van der Waals surface area contributed by atoms with E-state index in [4.69, 9.17) is 0 Å². The molecule has 96 valence electrons. The zero-order chi connectivity index (χ0) is 12.7. The number of hydrogen-bond donors (Lipinski definition) is 2. The number of aromatic hydroxyl groups is 2. The van der Waals surface area contributed by atoms with Gasteiger partial charge in [-0.2, -0.15) is 0 Å². The predicted molar refractivity (Wildman–Crippen MR) is 71.6 cm³/mol. The summed E-state index contributed by atoms with van der Waals surface area (Å²) in [7, 11) is 0. The number of unbranched alkanes of at least 4 members (excludes halogenated alkanes) is 4. The van der Waals surface area contributed by atoms with Crippen molar-refractivity contribution in [2.24, 2.45) is 0 Å². The molecule has 1 aromatic carbocycles. The Bertz CT molecular complexity index is 313. The van der Waals surface area contributed by atoms with Crippen molar-refractivity contribution in [1.29, 1.82) is 0 Å². The van der Waals surface area contributed by atoms with Crippen LogP contribution >= 0.6 is 0 Å². The number of benzene rings is 1. The van der Waals surface area contributed by atoms with Gasteiger partial charge in [0.15, 0.2) is 0 Å². The summed E-state index contributed by atoms with van der Waals surface area (Å²) < 4.78 is 0. The van der Waals surface area contributed by atoms with Gasteiger partial charge < -0.3 is 10.2 Å². The van der Waals surface area contributed by atoms with Crippen molar-refractivity contribution in [3.63, 3.8) is 0 Å². The summed E-state index contributed by atoms with van der Waals surface area (Å²) in [4.78, 5) is 0. The maximum atomic E-state index is 9.74. The Labute approximate surface area is 104 Å². The number of phenolic OH excluding ortho intramolecular Hbond substituents is 2. The highest BCUT2D eigenvalue weighted by atomic mass is 16.3. The van der Waals surface area contributed by atoms with E-state index in [1.54, 1.807) is 18.2 Å². The minimum absolute atomic E-state index is 0.214. The third kappa shape index (κ3) is 4.29. The van der Waals surface area contributed by atoms with Gasteiger partial charge in [-0.15, -0.1) is 0 Å². The van der Waals surface area contributed by atoms with E-state index in [0.717, 1.165) is 12.8 Å². The third-order valence-electron chi connectivity index (χ3n) is 3.29. The summed E-state index contributed by atoms with van der Waals surface area (Å²) in [6.07, 6.45) is 7.28. The fourth-order valence-corrected chi connectivity index (χ4v) is 2.24. The lowest BCUT2D eigenvalue weighted by Gasteiger charge is -2.14. The molecule has 1 unspecified atom stereocenters. The van der Waals surface area contributed by atoms with E-state index in [-0.39, 0.29) is 17.4 Å². The molecule has 0 fully saturated rings. The van der Waals surface area contributed by atoms with Gasteiger partial charge in [0, 0.05) is 5.56 Å². The van der Waals surface area contributed by atoms with E-state index in [9.17, 15) is 10.2 Å². The van der Waals surface area contributed by atoms with Crippen LogP contribution in [0.15, 0.2) is 18.2 Å². The van der Waals surface area contributed by atoms with E-state index in [0.29, 0.717) is 5.56 Å². The molecule has 0 saturated heterocycles. The summed E-state index contributed by atoms with van der Waals surface area (Å²) in [6.45, 7) is 4.28. The average Bonchev–Trinajstić information content (AvgIpc) is 2.28. The molecule has 0 aromatic heterocycles.